The van der Waals surface area contributed by atoms with Gasteiger partial charge in [-0.05, 0) is 33.0 Å². The number of halogens is 1. The fourth-order valence-electron chi connectivity index (χ4n) is 2.72. The first-order valence-corrected chi connectivity index (χ1v) is 6.48. The summed E-state index contributed by atoms with van der Waals surface area (Å²) in [4.78, 5) is 18.7. The molecular weight excluding hydrogens is 250 g/mol. The lowest BCUT2D eigenvalue weighted by atomic mass is 9.86. The van der Waals surface area contributed by atoms with E-state index in [0.29, 0.717) is 10.6 Å². The molecule has 0 atom stereocenters. The highest BCUT2D eigenvalue weighted by Gasteiger charge is 2.44. The standard InChI is InChI=1S/C13H18ClN3O/c1-17(2)13(5-3-4-6-13)11(18)10-7-9(14)8-16-12(10)15/h7-8H,3-6H2,1-2H3,(H2,15,16). The van der Waals surface area contributed by atoms with Gasteiger partial charge in [-0.15, -0.1) is 0 Å². The van der Waals surface area contributed by atoms with Crippen LogP contribution in [0, 0.1) is 0 Å². The molecule has 0 bridgehead atoms. The third-order valence-corrected chi connectivity index (χ3v) is 4.05. The molecule has 1 aliphatic carbocycles. The second-order valence-corrected chi connectivity index (χ2v) is 5.49. The van der Waals surface area contributed by atoms with Gasteiger partial charge in [0.2, 0.25) is 0 Å². The summed E-state index contributed by atoms with van der Waals surface area (Å²) in [7, 11) is 3.88. The Balaban J connectivity index is 2.43. The summed E-state index contributed by atoms with van der Waals surface area (Å²) in [6.07, 6.45) is 5.33. The van der Waals surface area contributed by atoms with Crippen molar-refractivity contribution in [1.82, 2.24) is 9.88 Å². The Bertz CT molecular complexity index is 467. The number of hydrogen-bond acceptors (Lipinski definition) is 4. The van der Waals surface area contributed by atoms with Gasteiger partial charge in [0, 0.05) is 6.20 Å². The summed E-state index contributed by atoms with van der Waals surface area (Å²) in [5.41, 5.74) is 5.81. The Labute approximate surface area is 112 Å². The Kier molecular flexibility index (Phi) is 3.59. The van der Waals surface area contributed by atoms with E-state index in [4.69, 9.17) is 17.3 Å². The smallest absolute Gasteiger partial charge is 0.186 e. The van der Waals surface area contributed by atoms with E-state index in [0.717, 1.165) is 25.7 Å². The van der Waals surface area contributed by atoms with Crippen molar-refractivity contribution in [3.8, 4) is 0 Å². The van der Waals surface area contributed by atoms with Crippen LogP contribution >= 0.6 is 11.6 Å². The largest absolute Gasteiger partial charge is 0.383 e. The highest BCUT2D eigenvalue weighted by molar-refractivity contribution is 6.31. The molecule has 1 saturated carbocycles. The van der Waals surface area contributed by atoms with Crippen LogP contribution in [-0.2, 0) is 0 Å². The fraction of sp³-hybridized carbons (Fsp3) is 0.538. The van der Waals surface area contributed by atoms with E-state index in [2.05, 4.69) is 4.98 Å². The molecule has 0 aliphatic heterocycles. The Hall–Kier alpha value is -1.13. The first-order chi connectivity index (χ1) is 8.47. The van der Waals surface area contributed by atoms with Crippen molar-refractivity contribution in [1.29, 1.82) is 0 Å². The van der Waals surface area contributed by atoms with Gasteiger partial charge >= 0.3 is 0 Å². The van der Waals surface area contributed by atoms with E-state index in [1.54, 1.807) is 6.07 Å². The molecule has 0 aromatic carbocycles. The van der Waals surface area contributed by atoms with Crippen LogP contribution in [0.3, 0.4) is 0 Å². The number of ketones is 1. The molecule has 1 fully saturated rings. The van der Waals surface area contributed by atoms with Gasteiger partial charge in [-0.2, -0.15) is 0 Å². The van der Waals surface area contributed by atoms with Gasteiger partial charge in [0.25, 0.3) is 0 Å². The van der Waals surface area contributed by atoms with Crippen LogP contribution in [0.5, 0.6) is 0 Å². The number of likely N-dealkylation sites (N-methyl/N-ethyl adjacent to an activating group) is 1. The van der Waals surface area contributed by atoms with Crippen molar-refractivity contribution in [3.05, 3.63) is 22.8 Å². The molecule has 0 unspecified atom stereocenters. The number of aromatic nitrogens is 1. The van der Waals surface area contributed by atoms with Crippen LogP contribution < -0.4 is 5.73 Å². The summed E-state index contributed by atoms with van der Waals surface area (Å²) < 4.78 is 0. The average Bonchev–Trinajstić information content (AvgIpc) is 2.82. The van der Waals surface area contributed by atoms with E-state index in [1.807, 2.05) is 19.0 Å². The minimum absolute atomic E-state index is 0.0394. The van der Waals surface area contributed by atoms with E-state index in [9.17, 15) is 4.79 Å². The summed E-state index contributed by atoms with van der Waals surface area (Å²) in [5.74, 6) is 0.301. The molecule has 4 nitrogen and oxygen atoms in total. The molecule has 0 spiro atoms. The van der Waals surface area contributed by atoms with Crippen molar-refractivity contribution in [2.75, 3.05) is 19.8 Å². The maximum Gasteiger partial charge on any atom is 0.186 e. The van der Waals surface area contributed by atoms with Crippen LogP contribution in [0.2, 0.25) is 5.02 Å². The van der Waals surface area contributed by atoms with Crippen molar-refractivity contribution >= 4 is 23.2 Å². The number of pyridine rings is 1. The second kappa shape index (κ2) is 4.86. The maximum absolute atomic E-state index is 12.8. The summed E-state index contributed by atoms with van der Waals surface area (Å²) in [5, 5.41) is 0.444. The van der Waals surface area contributed by atoms with Crippen LogP contribution in [-0.4, -0.2) is 35.3 Å². The number of anilines is 1. The zero-order chi connectivity index (χ0) is 13.3. The molecule has 1 aliphatic rings. The molecule has 1 aromatic heterocycles. The van der Waals surface area contributed by atoms with E-state index < -0.39 is 5.54 Å². The Morgan fingerprint density at radius 3 is 2.61 bits per heavy atom. The molecule has 1 aromatic rings. The van der Waals surface area contributed by atoms with Gasteiger partial charge in [0.1, 0.15) is 5.82 Å². The third-order valence-electron chi connectivity index (χ3n) is 3.84. The minimum atomic E-state index is -0.444. The van der Waals surface area contributed by atoms with E-state index in [-0.39, 0.29) is 11.6 Å². The number of rotatable bonds is 3. The van der Waals surface area contributed by atoms with E-state index >= 15 is 0 Å². The van der Waals surface area contributed by atoms with Crippen molar-refractivity contribution in [2.24, 2.45) is 0 Å². The molecule has 98 valence electrons. The van der Waals surface area contributed by atoms with Gasteiger partial charge < -0.3 is 5.73 Å². The number of carbonyl (C=O) groups excluding carboxylic acids is 1. The van der Waals surface area contributed by atoms with Crippen molar-refractivity contribution < 1.29 is 4.79 Å². The molecule has 2 N–H and O–H groups in total. The number of nitrogens with two attached hydrogens (primary N) is 1. The molecule has 0 saturated heterocycles. The molecular formula is C13H18ClN3O. The third kappa shape index (κ3) is 2.10. The van der Waals surface area contributed by atoms with Gasteiger partial charge in [0.05, 0.1) is 16.1 Å². The Morgan fingerprint density at radius 1 is 1.44 bits per heavy atom. The van der Waals surface area contributed by atoms with Gasteiger partial charge in [-0.3, -0.25) is 9.69 Å². The lowest BCUT2D eigenvalue weighted by Crippen LogP contribution is -2.49. The van der Waals surface area contributed by atoms with E-state index in [1.165, 1.54) is 6.20 Å². The van der Waals surface area contributed by atoms with Crippen molar-refractivity contribution in [3.63, 3.8) is 0 Å². The summed E-state index contributed by atoms with van der Waals surface area (Å²) in [6.45, 7) is 0. The Morgan fingerprint density at radius 2 is 2.06 bits per heavy atom. The zero-order valence-corrected chi connectivity index (χ0v) is 11.5. The highest BCUT2D eigenvalue weighted by Crippen LogP contribution is 2.37. The van der Waals surface area contributed by atoms with Gasteiger partial charge in [-0.25, -0.2) is 4.98 Å². The number of carbonyl (C=O) groups is 1. The number of nitrogens with zero attached hydrogens (tertiary/aromatic N) is 2. The molecule has 0 radical (unpaired) electrons. The molecule has 18 heavy (non-hydrogen) atoms. The predicted octanol–water partition coefficient (Wildman–Crippen LogP) is 2.37. The second-order valence-electron chi connectivity index (χ2n) is 5.05. The van der Waals surface area contributed by atoms with Crippen LogP contribution in [0.1, 0.15) is 36.0 Å². The average molecular weight is 268 g/mol. The molecule has 2 rings (SSSR count). The highest BCUT2D eigenvalue weighted by atomic mass is 35.5. The van der Waals surface area contributed by atoms with Crippen molar-refractivity contribution in [2.45, 2.75) is 31.2 Å². The predicted molar refractivity (Wildman–Crippen MR) is 72.9 cm³/mol. The SMILES string of the molecule is CN(C)C1(C(=O)c2cc(Cl)cnc2N)CCCC1. The van der Waals surface area contributed by atoms with Gasteiger partial charge in [-0.1, -0.05) is 24.4 Å². The number of nitrogen functional groups attached to an aromatic ring is 1. The van der Waals surface area contributed by atoms with Crippen LogP contribution in [0.15, 0.2) is 12.3 Å². The van der Waals surface area contributed by atoms with Gasteiger partial charge in [0.15, 0.2) is 5.78 Å². The zero-order valence-electron chi connectivity index (χ0n) is 10.7. The number of Topliss-reactive ketones (excluding diaryl/α,β-unsaturated/α-hetero) is 1. The molecule has 1 heterocycles. The molecule has 5 heteroatoms. The first kappa shape index (κ1) is 13.3. The quantitative estimate of drug-likeness (QED) is 0.855. The maximum atomic E-state index is 12.8. The lowest BCUT2D eigenvalue weighted by molar-refractivity contribution is 0.0694. The first-order valence-electron chi connectivity index (χ1n) is 6.10. The molecule has 0 amide bonds. The topological polar surface area (TPSA) is 59.2 Å². The lowest BCUT2D eigenvalue weighted by Gasteiger charge is -2.34. The minimum Gasteiger partial charge on any atom is -0.383 e. The monoisotopic (exact) mass is 267 g/mol. The summed E-state index contributed by atoms with van der Waals surface area (Å²) >= 11 is 5.91. The van der Waals surface area contributed by atoms with Crippen LogP contribution in [0.25, 0.3) is 0 Å². The number of hydrogen-bond donors (Lipinski definition) is 1. The van der Waals surface area contributed by atoms with Crippen LogP contribution in [0.4, 0.5) is 5.82 Å². The summed E-state index contributed by atoms with van der Waals surface area (Å²) in [6, 6.07) is 1.62. The fourth-order valence-corrected chi connectivity index (χ4v) is 2.88. The normalized spacial score (nSPS) is 18.2.